The van der Waals surface area contributed by atoms with Gasteiger partial charge in [-0.2, -0.15) is 0 Å². The number of nitrogens with one attached hydrogen (secondary N) is 1. The number of aliphatic hydroxyl groups is 1. The fourth-order valence-electron chi connectivity index (χ4n) is 1.26. The SMILES string of the molecule is COc1ccc(NC(=O)/C=C(/C)O)c(OC)c1. The van der Waals surface area contributed by atoms with Crippen LogP contribution in [0, 0.1) is 0 Å². The molecule has 1 aromatic carbocycles. The molecule has 0 saturated carbocycles. The Bertz CT molecular complexity index is 436. The third-order valence-electron chi connectivity index (χ3n) is 2.01. The number of carbonyl (C=O) groups is 1. The van der Waals surface area contributed by atoms with Crippen LogP contribution in [0.15, 0.2) is 30.0 Å². The maximum atomic E-state index is 11.4. The van der Waals surface area contributed by atoms with Gasteiger partial charge in [0.15, 0.2) is 0 Å². The largest absolute Gasteiger partial charge is 0.512 e. The van der Waals surface area contributed by atoms with E-state index in [1.807, 2.05) is 0 Å². The van der Waals surface area contributed by atoms with Crippen LogP contribution in [0.5, 0.6) is 11.5 Å². The van der Waals surface area contributed by atoms with Gasteiger partial charge in [-0.15, -0.1) is 0 Å². The Kier molecular flexibility index (Phi) is 4.39. The van der Waals surface area contributed by atoms with Crippen molar-refractivity contribution in [1.82, 2.24) is 0 Å². The third kappa shape index (κ3) is 3.71. The zero-order chi connectivity index (χ0) is 12.8. The van der Waals surface area contributed by atoms with E-state index in [9.17, 15) is 4.79 Å². The number of hydrogen-bond acceptors (Lipinski definition) is 4. The molecule has 0 aliphatic rings. The maximum absolute atomic E-state index is 11.4. The molecule has 17 heavy (non-hydrogen) atoms. The average molecular weight is 237 g/mol. The van der Waals surface area contributed by atoms with E-state index in [-0.39, 0.29) is 5.76 Å². The molecule has 0 heterocycles. The second-order valence-electron chi connectivity index (χ2n) is 3.34. The number of amides is 1. The molecular weight excluding hydrogens is 222 g/mol. The summed E-state index contributed by atoms with van der Waals surface area (Å²) in [4.78, 5) is 11.4. The van der Waals surface area contributed by atoms with Crippen LogP contribution >= 0.6 is 0 Å². The normalized spacial score (nSPS) is 10.9. The van der Waals surface area contributed by atoms with Gasteiger partial charge in [-0.25, -0.2) is 0 Å². The number of carbonyl (C=O) groups excluding carboxylic acids is 1. The highest BCUT2D eigenvalue weighted by molar-refractivity contribution is 6.00. The lowest BCUT2D eigenvalue weighted by Gasteiger charge is -2.10. The van der Waals surface area contributed by atoms with Gasteiger partial charge >= 0.3 is 0 Å². The van der Waals surface area contributed by atoms with Crippen LogP contribution in [0.2, 0.25) is 0 Å². The summed E-state index contributed by atoms with van der Waals surface area (Å²) >= 11 is 0. The van der Waals surface area contributed by atoms with Crippen LogP contribution in [-0.2, 0) is 4.79 Å². The van der Waals surface area contributed by atoms with Crippen LogP contribution in [0.4, 0.5) is 5.69 Å². The van der Waals surface area contributed by atoms with Crippen LogP contribution in [0.25, 0.3) is 0 Å². The molecule has 0 saturated heterocycles. The quantitative estimate of drug-likeness (QED) is 0.621. The molecule has 0 bridgehead atoms. The number of hydrogen-bond donors (Lipinski definition) is 2. The van der Waals surface area contributed by atoms with E-state index in [0.29, 0.717) is 17.2 Å². The topological polar surface area (TPSA) is 67.8 Å². The number of aliphatic hydroxyl groups excluding tert-OH is 1. The van der Waals surface area contributed by atoms with Gasteiger partial charge in [-0.05, 0) is 19.1 Å². The number of anilines is 1. The van der Waals surface area contributed by atoms with Crippen molar-refractivity contribution < 1.29 is 19.4 Å². The molecule has 1 amide bonds. The maximum Gasteiger partial charge on any atom is 0.251 e. The minimum Gasteiger partial charge on any atom is -0.512 e. The predicted molar refractivity (Wildman–Crippen MR) is 64.6 cm³/mol. The highest BCUT2D eigenvalue weighted by atomic mass is 16.5. The van der Waals surface area contributed by atoms with Gasteiger partial charge in [-0.1, -0.05) is 0 Å². The number of allylic oxidation sites excluding steroid dienone is 1. The first-order chi connectivity index (χ1) is 8.06. The molecule has 0 aromatic heterocycles. The molecule has 1 aromatic rings. The van der Waals surface area contributed by atoms with Crippen molar-refractivity contribution >= 4 is 11.6 Å². The lowest BCUT2D eigenvalue weighted by molar-refractivity contribution is -0.112. The molecule has 0 aliphatic carbocycles. The standard InChI is InChI=1S/C12H15NO4/c1-8(14)6-12(15)13-10-5-4-9(16-2)7-11(10)17-3/h4-7,14H,1-3H3,(H,13,15)/b8-6-. The first-order valence-corrected chi connectivity index (χ1v) is 4.97. The Morgan fingerprint density at radius 2 is 2.06 bits per heavy atom. The minimum absolute atomic E-state index is 0.0602. The Hall–Kier alpha value is -2.17. The summed E-state index contributed by atoms with van der Waals surface area (Å²) in [7, 11) is 3.04. The Morgan fingerprint density at radius 1 is 1.35 bits per heavy atom. The van der Waals surface area contributed by atoms with E-state index in [4.69, 9.17) is 14.6 Å². The van der Waals surface area contributed by atoms with Crippen LogP contribution in [0.1, 0.15) is 6.92 Å². The molecule has 0 aliphatic heterocycles. The second-order valence-corrected chi connectivity index (χ2v) is 3.34. The van der Waals surface area contributed by atoms with Gasteiger partial charge in [0.25, 0.3) is 5.91 Å². The molecule has 0 fully saturated rings. The zero-order valence-electron chi connectivity index (χ0n) is 9.98. The Balaban J connectivity index is 2.91. The molecule has 0 spiro atoms. The van der Waals surface area contributed by atoms with E-state index < -0.39 is 5.91 Å². The summed E-state index contributed by atoms with van der Waals surface area (Å²) in [6.07, 6.45) is 1.09. The van der Waals surface area contributed by atoms with Gasteiger partial charge < -0.3 is 19.9 Å². The van der Waals surface area contributed by atoms with E-state index in [1.165, 1.54) is 14.0 Å². The summed E-state index contributed by atoms with van der Waals surface area (Å²) in [5, 5.41) is 11.5. The number of methoxy groups -OCH3 is 2. The van der Waals surface area contributed by atoms with Crippen molar-refractivity contribution in [3.8, 4) is 11.5 Å². The summed E-state index contributed by atoms with van der Waals surface area (Å²) < 4.78 is 10.2. The smallest absolute Gasteiger partial charge is 0.251 e. The number of benzene rings is 1. The summed E-state index contributed by atoms with van der Waals surface area (Å²) in [6, 6.07) is 5.02. The average Bonchev–Trinajstić information content (AvgIpc) is 2.28. The van der Waals surface area contributed by atoms with Crippen LogP contribution < -0.4 is 14.8 Å². The van der Waals surface area contributed by atoms with Crippen molar-refractivity contribution in [3.63, 3.8) is 0 Å². The Labute approximate surface area is 99.7 Å². The highest BCUT2D eigenvalue weighted by Gasteiger charge is 2.07. The van der Waals surface area contributed by atoms with Gasteiger partial charge in [0.05, 0.1) is 25.7 Å². The molecule has 92 valence electrons. The third-order valence-corrected chi connectivity index (χ3v) is 2.01. The molecule has 0 radical (unpaired) electrons. The second kappa shape index (κ2) is 5.79. The van der Waals surface area contributed by atoms with Crippen molar-refractivity contribution in [2.45, 2.75) is 6.92 Å². The van der Waals surface area contributed by atoms with E-state index in [2.05, 4.69) is 5.32 Å². The van der Waals surface area contributed by atoms with Gasteiger partial charge in [-0.3, -0.25) is 4.79 Å². The van der Waals surface area contributed by atoms with E-state index >= 15 is 0 Å². The fourth-order valence-corrected chi connectivity index (χ4v) is 1.26. The van der Waals surface area contributed by atoms with Crippen molar-refractivity contribution in [1.29, 1.82) is 0 Å². The van der Waals surface area contributed by atoms with Crippen LogP contribution in [-0.4, -0.2) is 25.2 Å². The molecule has 5 heteroatoms. The Morgan fingerprint density at radius 3 is 2.59 bits per heavy atom. The monoisotopic (exact) mass is 237 g/mol. The van der Waals surface area contributed by atoms with E-state index in [1.54, 1.807) is 25.3 Å². The van der Waals surface area contributed by atoms with Crippen LogP contribution in [0.3, 0.4) is 0 Å². The van der Waals surface area contributed by atoms with Crippen molar-refractivity contribution in [2.75, 3.05) is 19.5 Å². The lowest BCUT2D eigenvalue weighted by atomic mass is 10.2. The van der Waals surface area contributed by atoms with Gasteiger partial charge in [0.1, 0.15) is 11.5 Å². The van der Waals surface area contributed by atoms with E-state index in [0.717, 1.165) is 6.08 Å². The molecule has 0 atom stereocenters. The molecule has 5 nitrogen and oxygen atoms in total. The minimum atomic E-state index is -0.423. The lowest BCUT2D eigenvalue weighted by Crippen LogP contribution is -2.09. The number of rotatable bonds is 4. The summed E-state index contributed by atoms with van der Waals surface area (Å²) in [6.45, 7) is 1.42. The van der Waals surface area contributed by atoms with Crippen molar-refractivity contribution in [3.05, 3.63) is 30.0 Å². The number of ether oxygens (including phenoxy) is 2. The first kappa shape index (κ1) is 12.9. The van der Waals surface area contributed by atoms with Crippen molar-refractivity contribution in [2.24, 2.45) is 0 Å². The molecule has 1 rings (SSSR count). The molecule has 0 unspecified atom stereocenters. The molecular formula is C12H15NO4. The summed E-state index contributed by atoms with van der Waals surface area (Å²) in [5.74, 6) is 0.638. The first-order valence-electron chi connectivity index (χ1n) is 4.97. The van der Waals surface area contributed by atoms with Gasteiger partial charge in [0, 0.05) is 12.1 Å². The highest BCUT2D eigenvalue weighted by Crippen LogP contribution is 2.28. The predicted octanol–water partition coefficient (Wildman–Crippen LogP) is 2.10. The molecule has 2 N–H and O–H groups in total. The van der Waals surface area contributed by atoms with Gasteiger partial charge in [0.2, 0.25) is 0 Å². The summed E-state index contributed by atoms with van der Waals surface area (Å²) in [5.41, 5.74) is 0.510. The zero-order valence-corrected chi connectivity index (χ0v) is 9.98. The fraction of sp³-hybridized carbons (Fsp3) is 0.250.